The molecule has 0 bridgehead atoms. The van der Waals surface area contributed by atoms with Crippen molar-refractivity contribution in [3.05, 3.63) is 33.4 Å². The molecule has 1 N–H and O–H groups in total. The zero-order valence-electron chi connectivity index (χ0n) is 11.4. The van der Waals surface area contributed by atoms with E-state index in [0.29, 0.717) is 11.0 Å². The van der Waals surface area contributed by atoms with E-state index >= 15 is 0 Å². The van der Waals surface area contributed by atoms with Crippen LogP contribution < -0.4 is 16.7 Å². The number of hydrogen-bond donors (Lipinski definition) is 1. The van der Waals surface area contributed by atoms with Crippen LogP contribution in [0.2, 0.25) is 0 Å². The Morgan fingerprint density at radius 3 is 2.75 bits per heavy atom. The van der Waals surface area contributed by atoms with Crippen LogP contribution in [-0.2, 0) is 7.05 Å². The van der Waals surface area contributed by atoms with Gasteiger partial charge in [0.25, 0.3) is 5.56 Å². The average Bonchev–Trinajstić information content (AvgIpc) is 2.50. The summed E-state index contributed by atoms with van der Waals surface area (Å²) in [6, 6.07) is 0.177. The van der Waals surface area contributed by atoms with Crippen molar-refractivity contribution >= 4 is 11.0 Å². The fourth-order valence-corrected chi connectivity index (χ4v) is 2.72. The highest BCUT2D eigenvalue weighted by atomic mass is 16.2. The summed E-state index contributed by atoms with van der Waals surface area (Å²) in [5.41, 5.74) is 2.65. The highest BCUT2D eigenvalue weighted by molar-refractivity contribution is 5.72. The van der Waals surface area contributed by atoms with E-state index in [1.165, 1.54) is 23.5 Å². The van der Waals surface area contributed by atoms with Gasteiger partial charge in [-0.25, -0.2) is 14.8 Å². The fourth-order valence-electron chi connectivity index (χ4n) is 2.72. The first kappa shape index (κ1) is 12.8. The maximum absolute atomic E-state index is 12.4. The van der Waals surface area contributed by atoms with Crippen LogP contribution in [0.3, 0.4) is 0 Å². The van der Waals surface area contributed by atoms with Gasteiger partial charge in [0.15, 0.2) is 5.65 Å². The molecule has 1 aliphatic carbocycles. The summed E-state index contributed by atoms with van der Waals surface area (Å²) in [5, 5.41) is 0.345. The Morgan fingerprint density at radius 1 is 1.25 bits per heavy atom. The zero-order chi connectivity index (χ0) is 14.1. The molecule has 0 aliphatic heterocycles. The Kier molecular flexibility index (Phi) is 3.25. The van der Waals surface area contributed by atoms with Crippen LogP contribution in [-0.4, -0.2) is 25.3 Å². The molecule has 106 valence electrons. The molecule has 7 heteroatoms. The minimum absolute atomic E-state index is 0.177. The fraction of sp³-hybridized carbons (Fsp3) is 0.538. The molecule has 2 aromatic rings. The number of hydrogen-bond acceptors (Lipinski definition) is 5. The SMILES string of the molecule is Cn1c(=O)n(NC2CCCCC2)c(=O)c2cncnc21. The van der Waals surface area contributed by atoms with Gasteiger partial charge in [-0.15, -0.1) is 0 Å². The van der Waals surface area contributed by atoms with E-state index in [1.807, 2.05) is 0 Å². The van der Waals surface area contributed by atoms with Crippen molar-refractivity contribution in [1.82, 2.24) is 19.2 Å². The van der Waals surface area contributed by atoms with Gasteiger partial charge in [-0.3, -0.25) is 9.36 Å². The van der Waals surface area contributed by atoms with Crippen LogP contribution in [0.15, 0.2) is 22.1 Å². The van der Waals surface area contributed by atoms with E-state index in [1.54, 1.807) is 7.05 Å². The maximum atomic E-state index is 12.4. The van der Waals surface area contributed by atoms with Crippen molar-refractivity contribution in [3.8, 4) is 0 Å². The summed E-state index contributed by atoms with van der Waals surface area (Å²) in [5.74, 6) is 0. The first-order chi connectivity index (χ1) is 9.68. The molecule has 7 nitrogen and oxygen atoms in total. The molecular formula is C13H17N5O2. The lowest BCUT2D eigenvalue weighted by atomic mass is 9.96. The molecule has 0 radical (unpaired) electrons. The normalized spacial score (nSPS) is 16.4. The molecule has 0 unspecified atom stereocenters. The van der Waals surface area contributed by atoms with Crippen molar-refractivity contribution in [1.29, 1.82) is 0 Å². The molecule has 0 amide bonds. The summed E-state index contributed by atoms with van der Waals surface area (Å²) < 4.78 is 2.47. The lowest BCUT2D eigenvalue weighted by Gasteiger charge is -2.24. The second-order valence-electron chi connectivity index (χ2n) is 5.21. The predicted molar refractivity (Wildman–Crippen MR) is 75.3 cm³/mol. The molecular weight excluding hydrogens is 258 g/mol. The minimum Gasteiger partial charge on any atom is -0.316 e. The predicted octanol–water partition coefficient (Wildman–Crippen LogP) is 0.366. The molecule has 1 saturated carbocycles. The molecule has 0 aromatic carbocycles. The molecule has 1 fully saturated rings. The summed E-state index contributed by atoms with van der Waals surface area (Å²) >= 11 is 0. The van der Waals surface area contributed by atoms with Crippen LogP contribution in [0.25, 0.3) is 11.0 Å². The van der Waals surface area contributed by atoms with Crippen molar-refractivity contribution in [2.24, 2.45) is 7.05 Å². The summed E-state index contributed by atoms with van der Waals surface area (Å²) in [6.07, 6.45) is 8.23. The first-order valence-corrected chi connectivity index (χ1v) is 6.87. The van der Waals surface area contributed by atoms with E-state index in [-0.39, 0.29) is 11.6 Å². The van der Waals surface area contributed by atoms with E-state index < -0.39 is 5.69 Å². The van der Waals surface area contributed by atoms with Gasteiger partial charge in [-0.1, -0.05) is 19.3 Å². The lowest BCUT2D eigenvalue weighted by molar-refractivity contribution is 0.431. The molecule has 0 saturated heterocycles. The van der Waals surface area contributed by atoms with Gasteiger partial charge in [0.2, 0.25) is 0 Å². The van der Waals surface area contributed by atoms with E-state index in [9.17, 15) is 9.59 Å². The molecule has 3 rings (SSSR count). The minimum atomic E-state index is -0.397. The molecule has 20 heavy (non-hydrogen) atoms. The standard InChI is InChI=1S/C13H17N5O2/c1-17-11-10(7-14-8-15-11)12(19)18(13(17)20)16-9-5-3-2-4-6-9/h7-9,16H,2-6H2,1H3. The molecule has 2 aromatic heterocycles. The van der Waals surface area contributed by atoms with Gasteiger partial charge >= 0.3 is 5.69 Å². The van der Waals surface area contributed by atoms with E-state index in [2.05, 4.69) is 15.4 Å². The van der Waals surface area contributed by atoms with Crippen LogP contribution in [0, 0.1) is 0 Å². The number of nitrogens with zero attached hydrogens (tertiary/aromatic N) is 4. The topological polar surface area (TPSA) is 81.8 Å². The van der Waals surface area contributed by atoms with Gasteiger partial charge < -0.3 is 5.43 Å². The average molecular weight is 275 g/mol. The zero-order valence-corrected chi connectivity index (χ0v) is 11.4. The third-order valence-electron chi connectivity index (χ3n) is 3.84. The van der Waals surface area contributed by atoms with Crippen molar-refractivity contribution in [2.75, 3.05) is 5.43 Å². The van der Waals surface area contributed by atoms with Gasteiger partial charge in [0, 0.05) is 19.3 Å². The third kappa shape index (κ3) is 2.09. The molecule has 1 aliphatic rings. The van der Waals surface area contributed by atoms with Gasteiger partial charge in [-0.05, 0) is 12.8 Å². The smallest absolute Gasteiger partial charge is 0.316 e. The molecule has 0 atom stereocenters. The lowest BCUT2D eigenvalue weighted by Crippen LogP contribution is -2.48. The van der Waals surface area contributed by atoms with Gasteiger partial charge in [0.1, 0.15) is 11.7 Å². The monoisotopic (exact) mass is 275 g/mol. The maximum Gasteiger partial charge on any atom is 0.351 e. The van der Waals surface area contributed by atoms with Crippen molar-refractivity contribution in [2.45, 2.75) is 38.1 Å². The second kappa shape index (κ2) is 5.07. The number of rotatable bonds is 2. The van der Waals surface area contributed by atoms with Gasteiger partial charge in [-0.2, -0.15) is 4.68 Å². The number of aryl methyl sites for hydroxylation is 1. The first-order valence-electron chi connectivity index (χ1n) is 6.87. The number of fused-ring (bicyclic) bond motifs is 1. The second-order valence-corrected chi connectivity index (χ2v) is 5.21. The highest BCUT2D eigenvalue weighted by Gasteiger charge is 2.17. The third-order valence-corrected chi connectivity index (χ3v) is 3.84. The Labute approximate surface area is 115 Å². The summed E-state index contributed by atoms with van der Waals surface area (Å²) in [6.45, 7) is 0. The Hall–Kier alpha value is -2.18. The number of nitrogens with one attached hydrogen (secondary N) is 1. The van der Waals surface area contributed by atoms with Crippen LogP contribution >= 0.6 is 0 Å². The van der Waals surface area contributed by atoms with Crippen LogP contribution in [0.4, 0.5) is 0 Å². The Balaban J connectivity index is 2.10. The quantitative estimate of drug-likeness (QED) is 0.856. The highest BCUT2D eigenvalue weighted by Crippen LogP contribution is 2.17. The number of aromatic nitrogens is 4. The molecule has 0 spiro atoms. The van der Waals surface area contributed by atoms with Crippen LogP contribution in [0.1, 0.15) is 32.1 Å². The Bertz CT molecular complexity index is 742. The van der Waals surface area contributed by atoms with Crippen molar-refractivity contribution in [3.63, 3.8) is 0 Å². The van der Waals surface area contributed by atoms with E-state index in [4.69, 9.17) is 0 Å². The van der Waals surface area contributed by atoms with E-state index in [0.717, 1.165) is 30.4 Å². The summed E-state index contributed by atoms with van der Waals surface area (Å²) in [4.78, 5) is 32.5. The molecule has 2 heterocycles. The largest absolute Gasteiger partial charge is 0.351 e. The summed E-state index contributed by atoms with van der Waals surface area (Å²) in [7, 11) is 1.61. The van der Waals surface area contributed by atoms with Crippen LogP contribution in [0.5, 0.6) is 0 Å². The van der Waals surface area contributed by atoms with Crippen molar-refractivity contribution < 1.29 is 0 Å². The van der Waals surface area contributed by atoms with Gasteiger partial charge in [0.05, 0.1) is 0 Å². The Morgan fingerprint density at radius 2 is 2.00 bits per heavy atom.